The second-order valence-electron chi connectivity index (χ2n) is 4.78. The lowest BCUT2D eigenvalue weighted by Crippen LogP contribution is -2.41. The lowest BCUT2D eigenvalue weighted by Gasteiger charge is -2.41. The Bertz CT molecular complexity index is 346. The number of benzene rings is 1. The van der Waals surface area contributed by atoms with E-state index in [0.717, 1.165) is 30.7 Å². The largest absolute Gasteiger partial charge is 0.392 e. The highest BCUT2D eigenvalue weighted by molar-refractivity contribution is 6.30. The van der Waals surface area contributed by atoms with E-state index in [9.17, 15) is 5.11 Å². The lowest BCUT2D eigenvalue weighted by molar-refractivity contribution is 0.0391. The van der Waals surface area contributed by atoms with Gasteiger partial charge in [-0.1, -0.05) is 43.5 Å². The molecule has 0 radical (unpaired) electrons. The summed E-state index contributed by atoms with van der Waals surface area (Å²) in [6, 6.07) is 7.99. The van der Waals surface area contributed by atoms with E-state index in [4.69, 9.17) is 11.6 Å². The van der Waals surface area contributed by atoms with Gasteiger partial charge < -0.3 is 5.11 Å². The summed E-state index contributed by atoms with van der Waals surface area (Å²) < 4.78 is 0. The molecule has 1 fully saturated rings. The van der Waals surface area contributed by atoms with E-state index in [0.29, 0.717) is 0 Å². The summed E-state index contributed by atoms with van der Waals surface area (Å²) >= 11 is 5.91. The monoisotopic (exact) mass is 238 g/mol. The van der Waals surface area contributed by atoms with Crippen molar-refractivity contribution < 1.29 is 5.11 Å². The summed E-state index contributed by atoms with van der Waals surface area (Å²) in [7, 11) is 0. The predicted octanol–water partition coefficient (Wildman–Crippen LogP) is 3.92. The molecule has 1 saturated carbocycles. The van der Waals surface area contributed by atoms with E-state index in [-0.39, 0.29) is 11.5 Å². The molecule has 1 nitrogen and oxygen atoms in total. The van der Waals surface area contributed by atoms with Crippen LogP contribution in [-0.4, -0.2) is 11.2 Å². The minimum atomic E-state index is -0.201. The van der Waals surface area contributed by atoms with Gasteiger partial charge in [-0.25, -0.2) is 0 Å². The van der Waals surface area contributed by atoms with Crippen LogP contribution in [0.1, 0.15) is 44.6 Å². The quantitative estimate of drug-likeness (QED) is 0.828. The molecule has 0 aliphatic heterocycles. The van der Waals surface area contributed by atoms with Crippen LogP contribution >= 0.6 is 11.6 Å². The Balaban J connectivity index is 2.36. The third-order valence-corrected chi connectivity index (χ3v) is 4.29. The third-order valence-electron chi connectivity index (χ3n) is 4.04. The van der Waals surface area contributed by atoms with Gasteiger partial charge in [0.25, 0.3) is 0 Å². The topological polar surface area (TPSA) is 20.2 Å². The third kappa shape index (κ3) is 1.99. The van der Waals surface area contributed by atoms with Crippen molar-refractivity contribution in [3.8, 4) is 0 Å². The Kier molecular flexibility index (Phi) is 3.56. The van der Waals surface area contributed by atoms with E-state index in [1.54, 1.807) is 0 Å². The predicted molar refractivity (Wildman–Crippen MR) is 67.9 cm³/mol. The number of aliphatic hydroxyl groups is 1. The maximum Gasteiger partial charge on any atom is 0.0636 e. The number of hydrogen-bond donors (Lipinski definition) is 1. The van der Waals surface area contributed by atoms with E-state index < -0.39 is 0 Å². The summed E-state index contributed by atoms with van der Waals surface area (Å²) in [6.07, 6.45) is 5.18. The molecule has 0 spiro atoms. The minimum absolute atomic E-state index is 0.0389. The van der Waals surface area contributed by atoms with Crippen molar-refractivity contribution in [2.24, 2.45) is 0 Å². The zero-order valence-electron chi connectivity index (χ0n) is 9.75. The first-order valence-electron chi connectivity index (χ1n) is 6.13. The Morgan fingerprint density at radius 1 is 1.31 bits per heavy atom. The SMILES string of the molecule is CCC1(c2ccc(Cl)cc2)CCCCC1O. The normalized spacial score (nSPS) is 30.3. The van der Waals surface area contributed by atoms with Crippen molar-refractivity contribution in [3.05, 3.63) is 34.9 Å². The highest BCUT2D eigenvalue weighted by Gasteiger charge is 2.39. The van der Waals surface area contributed by atoms with Crippen molar-refractivity contribution in [1.82, 2.24) is 0 Å². The van der Waals surface area contributed by atoms with Gasteiger partial charge in [-0.2, -0.15) is 0 Å². The summed E-state index contributed by atoms with van der Waals surface area (Å²) in [6.45, 7) is 2.17. The average molecular weight is 239 g/mol. The van der Waals surface area contributed by atoms with Gasteiger partial charge in [0.15, 0.2) is 0 Å². The minimum Gasteiger partial charge on any atom is -0.392 e. The van der Waals surface area contributed by atoms with Gasteiger partial charge in [0.2, 0.25) is 0 Å². The zero-order valence-corrected chi connectivity index (χ0v) is 10.5. The summed E-state index contributed by atoms with van der Waals surface area (Å²) in [5.74, 6) is 0. The Morgan fingerprint density at radius 3 is 2.56 bits per heavy atom. The number of rotatable bonds is 2. The molecule has 0 amide bonds. The smallest absolute Gasteiger partial charge is 0.0636 e. The number of hydrogen-bond acceptors (Lipinski definition) is 1. The van der Waals surface area contributed by atoms with Crippen LogP contribution in [0, 0.1) is 0 Å². The van der Waals surface area contributed by atoms with Gasteiger partial charge in [-0.3, -0.25) is 0 Å². The lowest BCUT2D eigenvalue weighted by atomic mass is 9.66. The molecule has 1 aromatic carbocycles. The van der Waals surface area contributed by atoms with Gasteiger partial charge in [-0.15, -0.1) is 0 Å². The Hall–Kier alpha value is -0.530. The van der Waals surface area contributed by atoms with Crippen LogP contribution in [0.2, 0.25) is 5.02 Å². The molecule has 1 aromatic rings. The molecule has 0 bridgehead atoms. The van der Waals surface area contributed by atoms with Gasteiger partial charge in [0, 0.05) is 10.4 Å². The molecule has 2 unspecified atom stereocenters. The van der Waals surface area contributed by atoms with Crippen molar-refractivity contribution in [3.63, 3.8) is 0 Å². The first kappa shape index (κ1) is 11.9. The van der Waals surface area contributed by atoms with Crippen LogP contribution < -0.4 is 0 Å². The molecular formula is C14H19ClO. The first-order valence-corrected chi connectivity index (χ1v) is 6.51. The second kappa shape index (κ2) is 4.77. The molecule has 88 valence electrons. The van der Waals surface area contributed by atoms with Gasteiger partial charge >= 0.3 is 0 Å². The summed E-state index contributed by atoms with van der Waals surface area (Å²) in [5.41, 5.74) is 1.20. The van der Waals surface area contributed by atoms with Crippen LogP contribution in [0.3, 0.4) is 0 Å². The molecule has 16 heavy (non-hydrogen) atoms. The summed E-state index contributed by atoms with van der Waals surface area (Å²) in [5, 5.41) is 11.1. The Labute approximate surface area is 102 Å². The average Bonchev–Trinajstić information content (AvgIpc) is 2.31. The van der Waals surface area contributed by atoms with Crippen molar-refractivity contribution in [2.45, 2.75) is 50.5 Å². The van der Waals surface area contributed by atoms with Crippen LogP contribution in [0.25, 0.3) is 0 Å². The van der Waals surface area contributed by atoms with Crippen molar-refractivity contribution in [2.75, 3.05) is 0 Å². The van der Waals surface area contributed by atoms with Gasteiger partial charge in [-0.05, 0) is 37.0 Å². The molecule has 2 heteroatoms. The van der Waals surface area contributed by atoms with Crippen LogP contribution in [0.15, 0.2) is 24.3 Å². The highest BCUT2D eigenvalue weighted by Crippen LogP contribution is 2.42. The maximum absolute atomic E-state index is 10.3. The van der Waals surface area contributed by atoms with Crippen LogP contribution in [0.4, 0.5) is 0 Å². The molecule has 2 rings (SSSR count). The number of aliphatic hydroxyl groups excluding tert-OH is 1. The van der Waals surface area contributed by atoms with Crippen molar-refractivity contribution in [1.29, 1.82) is 0 Å². The van der Waals surface area contributed by atoms with Crippen molar-refractivity contribution >= 4 is 11.6 Å². The molecule has 1 aliphatic rings. The maximum atomic E-state index is 10.3. The van der Waals surface area contributed by atoms with E-state index in [2.05, 4.69) is 19.1 Å². The molecule has 0 heterocycles. The molecule has 0 saturated heterocycles. The summed E-state index contributed by atoms with van der Waals surface area (Å²) in [4.78, 5) is 0. The van der Waals surface area contributed by atoms with E-state index >= 15 is 0 Å². The van der Waals surface area contributed by atoms with E-state index in [1.165, 1.54) is 12.0 Å². The van der Waals surface area contributed by atoms with Gasteiger partial charge in [0.1, 0.15) is 0 Å². The fraction of sp³-hybridized carbons (Fsp3) is 0.571. The van der Waals surface area contributed by atoms with Crippen LogP contribution in [0.5, 0.6) is 0 Å². The molecule has 0 aromatic heterocycles. The Morgan fingerprint density at radius 2 is 2.00 bits per heavy atom. The molecule has 1 N–H and O–H groups in total. The standard InChI is InChI=1S/C14H19ClO/c1-2-14(10-4-3-5-13(14)16)11-6-8-12(15)9-7-11/h6-9,13,16H,2-5,10H2,1H3. The fourth-order valence-corrected chi connectivity index (χ4v) is 3.08. The van der Waals surface area contributed by atoms with Crippen LogP contribution in [-0.2, 0) is 5.41 Å². The fourth-order valence-electron chi connectivity index (χ4n) is 2.96. The molecular weight excluding hydrogens is 220 g/mol. The van der Waals surface area contributed by atoms with E-state index in [1.807, 2.05) is 12.1 Å². The second-order valence-corrected chi connectivity index (χ2v) is 5.21. The molecule has 2 atom stereocenters. The zero-order chi connectivity index (χ0) is 11.6. The molecule has 1 aliphatic carbocycles. The number of halogens is 1. The first-order chi connectivity index (χ1) is 7.69. The highest BCUT2D eigenvalue weighted by atomic mass is 35.5. The van der Waals surface area contributed by atoms with Gasteiger partial charge in [0.05, 0.1) is 6.10 Å².